The van der Waals surface area contributed by atoms with Crippen LogP contribution >= 0.6 is 0 Å². The zero-order chi connectivity index (χ0) is 20.5. The Morgan fingerprint density at radius 1 is 1.17 bits per heavy atom. The minimum atomic E-state index is -0.770. The smallest absolute Gasteiger partial charge is 0.322 e. The first kappa shape index (κ1) is 19.0. The van der Waals surface area contributed by atoms with Gasteiger partial charge in [0.15, 0.2) is 0 Å². The molecule has 8 heteroatoms. The summed E-state index contributed by atoms with van der Waals surface area (Å²) in [6.07, 6.45) is 1.45. The molecule has 0 saturated carbocycles. The highest BCUT2D eigenvalue weighted by molar-refractivity contribution is 5.89. The summed E-state index contributed by atoms with van der Waals surface area (Å²) in [6, 6.07) is 8.23. The van der Waals surface area contributed by atoms with Gasteiger partial charge >= 0.3 is 6.03 Å². The second kappa shape index (κ2) is 7.62. The lowest BCUT2D eigenvalue weighted by molar-refractivity contribution is 0.193. The highest BCUT2D eigenvalue weighted by Crippen LogP contribution is 2.33. The molecule has 1 aliphatic heterocycles. The van der Waals surface area contributed by atoms with E-state index in [0.29, 0.717) is 18.7 Å². The molecule has 2 heterocycles. The molecule has 150 valence electrons. The molecule has 0 spiro atoms. The number of anilines is 1. The molecular weight excluding hydrogens is 378 g/mol. The first-order valence-corrected chi connectivity index (χ1v) is 9.36. The lowest BCUT2D eigenvalue weighted by Gasteiger charge is -2.22. The van der Waals surface area contributed by atoms with E-state index in [1.54, 1.807) is 4.90 Å². The van der Waals surface area contributed by atoms with Crippen molar-refractivity contribution in [2.45, 2.75) is 32.7 Å². The molecule has 1 aliphatic rings. The van der Waals surface area contributed by atoms with Crippen LogP contribution in [0.3, 0.4) is 0 Å². The number of hydrogen-bond acceptors (Lipinski definition) is 4. The maximum Gasteiger partial charge on any atom is 0.322 e. The van der Waals surface area contributed by atoms with E-state index in [2.05, 4.69) is 15.5 Å². The molecule has 1 saturated heterocycles. The van der Waals surface area contributed by atoms with E-state index in [4.69, 9.17) is 4.52 Å². The number of carbonyl (C=O) groups is 1. The summed E-state index contributed by atoms with van der Waals surface area (Å²) in [5, 5.41) is 6.71. The molecule has 0 unspecified atom stereocenters. The maximum atomic E-state index is 14.0. The van der Waals surface area contributed by atoms with Crippen molar-refractivity contribution < 1.29 is 18.1 Å². The third-order valence-electron chi connectivity index (χ3n) is 5.17. The first-order valence-electron chi connectivity index (χ1n) is 9.36. The molecule has 2 amide bonds. The standard InChI is InChI=1S/C21H20F2N4O2/c1-12-5-7-15(10-13(12)2)24-21(28)27-9-3-4-18(27)20-25-19(26-29-20)16-8-6-14(22)11-17(16)23/h5-8,10-11,18H,3-4,9H2,1-2H3,(H,24,28)/t18-/m1/s1. The zero-order valence-electron chi connectivity index (χ0n) is 16.1. The van der Waals surface area contributed by atoms with Crippen LogP contribution in [-0.2, 0) is 0 Å². The van der Waals surface area contributed by atoms with E-state index in [1.165, 1.54) is 6.07 Å². The Morgan fingerprint density at radius 3 is 2.76 bits per heavy atom. The van der Waals surface area contributed by atoms with Crippen LogP contribution in [-0.4, -0.2) is 27.6 Å². The van der Waals surface area contributed by atoms with E-state index < -0.39 is 17.7 Å². The quantitative estimate of drug-likeness (QED) is 0.674. The molecule has 1 aromatic heterocycles. The number of nitrogens with zero attached hydrogens (tertiary/aromatic N) is 3. The second-order valence-electron chi connectivity index (χ2n) is 7.16. The Kier molecular flexibility index (Phi) is 5.00. The zero-order valence-corrected chi connectivity index (χ0v) is 16.1. The number of nitrogens with one attached hydrogen (secondary N) is 1. The van der Waals surface area contributed by atoms with Gasteiger partial charge in [-0.2, -0.15) is 4.98 Å². The number of hydrogen-bond donors (Lipinski definition) is 1. The molecule has 0 bridgehead atoms. The Labute approximate surface area is 166 Å². The molecular formula is C21H20F2N4O2. The molecule has 1 N–H and O–H groups in total. The van der Waals surface area contributed by atoms with Crippen molar-refractivity contribution >= 4 is 11.7 Å². The summed E-state index contributed by atoms with van der Waals surface area (Å²) < 4.78 is 32.4. The molecule has 1 fully saturated rings. The highest BCUT2D eigenvalue weighted by atomic mass is 19.1. The van der Waals surface area contributed by atoms with E-state index in [1.807, 2.05) is 32.0 Å². The Balaban J connectivity index is 1.53. The maximum absolute atomic E-state index is 14.0. The van der Waals surface area contributed by atoms with E-state index in [-0.39, 0.29) is 23.3 Å². The second-order valence-corrected chi connectivity index (χ2v) is 7.16. The Hall–Kier alpha value is -3.29. The number of urea groups is 1. The molecule has 4 rings (SSSR count). The van der Waals surface area contributed by atoms with Crippen molar-refractivity contribution in [2.24, 2.45) is 0 Å². The number of likely N-dealkylation sites (tertiary alicyclic amines) is 1. The van der Waals surface area contributed by atoms with Crippen LogP contribution < -0.4 is 5.32 Å². The van der Waals surface area contributed by atoms with E-state index >= 15 is 0 Å². The predicted octanol–water partition coefficient (Wildman–Crippen LogP) is 5.00. The fourth-order valence-electron chi connectivity index (χ4n) is 3.43. The Bertz CT molecular complexity index is 1070. The summed E-state index contributed by atoms with van der Waals surface area (Å²) >= 11 is 0. The third kappa shape index (κ3) is 3.83. The van der Waals surface area contributed by atoms with Crippen LogP contribution in [0.1, 0.15) is 35.9 Å². The van der Waals surface area contributed by atoms with Gasteiger partial charge in [-0.1, -0.05) is 11.2 Å². The summed E-state index contributed by atoms with van der Waals surface area (Å²) in [5.41, 5.74) is 2.99. The van der Waals surface area contributed by atoms with Gasteiger partial charge in [0.25, 0.3) is 0 Å². The van der Waals surface area contributed by atoms with Gasteiger partial charge in [0.1, 0.15) is 17.7 Å². The SMILES string of the molecule is Cc1ccc(NC(=O)N2CCC[C@@H]2c2nc(-c3ccc(F)cc3F)no2)cc1C. The van der Waals surface area contributed by atoms with Crippen LogP contribution in [0.4, 0.5) is 19.3 Å². The number of rotatable bonds is 3. The fraction of sp³-hybridized carbons (Fsp3) is 0.286. The number of amides is 2. The van der Waals surface area contributed by atoms with Crippen molar-refractivity contribution in [1.82, 2.24) is 15.0 Å². The van der Waals surface area contributed by atoms with Crippen molar-refractivity contribution in [3.8, 4) is 11.4 Å². The van der Waals surface area contributed by atoms with Crippen LogP contribution in [0.15, 0.2) is 40.9 Å². The molecule has 3 aromatic rings. The van der Waals surface area contributed by atoms with Gasteiger partial charge in [0.05, 0.1) is 5.56 Å². The normalized spacial score (nSPS) is 16.3. The lowest BCUT2D eigenvalue weighted by Crippen LogP contribution is -2.34. The van der Waals surface area contributed by atoms with Crippen LogP contribution in [0.2, 0.25) is 0 Å². The van der Waals surface area contributed by atoms with Gasteiger partial charge in [-0.15, -0.1) is 0 Å². The van der Waals surface area contributed by atoms with E-state index in [0.717, 1.165) is 29.7 Å². The summed E-state index contributed by atoms with van der Waals surface area (Å²) in [7, 11) is 0. The van der Waals surface area contributed by atoms with Crippen molar-refractivity contribution in [2.75, 3.05) is 11.9 Å². The predicted molar refractivity (Wildman–Crippen MR) is 103 cm³/mol. The van der Waals surface area contributed by atoms with Gasteiger partial charge in [0.2, 0.25) is 11.7 Å². The van der Waals surface area contributed by atoms with Crippen molar-refractivity contribution in [3.05, 3.63) is 65.1 Å². The van der Waals surface area contributed by atoms with Gasteiger partial charge < -0.3 is 14.7 Å². The number of aromatic nitrogens is 2. The molecule has 1 atom stereocenters. The average Bonchev–Trinajstić information content (AvgIpc) is 3.34. The van der Waals surface area contributed by atoms with Gasteiger partial charge in [-0.05, 0) is 62.1 Å². The summed E-state index contributed by atoms with van der Waals surface area (Å²) in [6.45, 7) is 4.54. The molecule has 2 aromatic carbocycles. The number of carbonyl (C=O) groups excluding carboxylic acids is 1. The van der Waals surface area contributed by atoms with Crippen LogP contribution in [0, 0.1) is 25.5 Å². The topological polar surface area (TPSA) is 71.3 Å². The molecule has 6 nitrogen and oxygen atoms in total. The lowest BCUT2D eigenvalue weighted by atomic mass is 10.1. The van der Waals surface area contributed by atoms with Crippen molar-refractivity contribution in [3.63, 3.8) is 0 Å². The highest BCUT2D eigenvalue weighted by Gasteiger charge is 2.34. The number of halogens is 2. The Morgan fingerprint density at radius 2 is 2.00 bits per heavy atom. The molecule has 0 aliphatic carbocycles. The molecule has 29 heavy (non-hydrogen) atoms. The summed E-state index contributed by atoms with van der Waals surface area (Å²) in [4.78, 5) is 18.7. The molecule has 0 radical (unpaired) electrons. The largest absolute Gasteiger partial charge is 0.337 e. The monoisotopic (exact) mass is 398 g/mol. The van der Waals surface area contributed by atoms with Crippen LogP contribution in [0.5, 0.6) is 0 Å². The fourth-order valence-corrected chi connectivity index (χ4v) is 3.43. The van der Waals surface area contributed by atoms with Gasteiger partial charge in [-0.3, -0.25) is 0 Å². The average molecular weight is 398 g/mol. The van der Waals surface area contributed by atoms with Gasteiger partial charge in [0, 0.05) is 18.3 Å². The first-order chi connectivity index (χ1) is 13.9. The number of aryl methyl sites for hydroxylation is 2. The van der Waals surface area contributed by atoms with Crippen molar-refractivity contribution in [1.29, 1.82) is 0 Å². The summed E-state index contributed by atoms with van der Waals surface area (Å²) in [5.74, 6) is -1.19. The minimum Gasteiger partial charge on any atom is -0.337 e. The third-order valence-corrected chi connectivity index (χ3v) is 5.17. The number of benzene rings is 2. The van der Waals surface area contributed by atoms with Gasteiger partial charge in [-0.25, -0.2) is 13.6 Å². The van der Waals surface area contributed by atoms with E-state index in [9.17, 15) is 13.6 Å². The van der Waals surface area contributed by atoms with Crippen LogP contribution in [0.25, 0.3) is 11.4 Å². The minimum absolute atomic E-state index is 0.0268.